The molecule has 0 aliphatic carbocycles. The number of hydrogen-bond acceptors (Lipinski definition) is 3. The SMILES string of the molecule is Cn1cc(N)c(=O)n(CC(C)(F)F)c1=O. The van der Waals surface area contributed by atoms with Crippen molar-refractivity contribution in [3.8, 4) is 0 Å². The summed E-state index contributed by atoms with van der Waals surface area (Å²) in [4.78, 5) is 22.7. The lowest BCUT2D eigenvalue weighted by molar-refractivity contribution is 0.00153. The summed E-state index contributed by atoms with van der Waals surface area (Å²) in [5, 5.41) is 0. The van der Waals surface area contributed by atoms with Gasteiger partial charge in [0.25, 0.3) is 11.5 Å². The highest BCUT2D eigenvalue weighted by Crippen LogP contribution is 2.12. The lowest BCUT2D eigenvalue weighted by atomic mass is 10.4. The third-order valence-electron chi connectivity index (χ3n) is 1.79. The summed E-state index contributed by atoms with van der Waals surface area (Å²) in [6.45, 7) is -0.342. The highest BCUT2D eigenvalue weighted by Gasteiger charge is 2.24. The zero-order valence-corrected chi connectivity index (χ0v) is 8.33. The van der Waals surface area contributed by atoms with Crippen LogP contribution >= 0.6 is 0 Å². The van der Waals surface area contributed by atoms with Crippen LogP contribution in [0.5, 0.6) is 0 Å². The molecule has 0 spiro atoms. The second-order valence-electron chi connectivity index (χ2n) is 3.44. The average molecular weight is 219 g/mol. The van der Waals surface area contributed by atoms with Gasteiger partial charge in [0.2, 0.25) is 0 Å². The Hall–Kier alpha value is -1.66. The van der Waals surface area contributed by atoms with E-state index in [1.807, 2.05) is 0 Å². The Morgan fingerprint density at radius 3 is 2.47 bits per heavy atom. The molecule has 84 valence electrons. The number of anilines is 1. The first kappa shape index (κ1) is 11.4. The second-order valence-corrected chi connectivity index (χ2v) is 3.44. The van der Waals surface area contributed by atoms with Crippen LogP contribution in [0.1, 0.15) is 6.92 Å². The zero-order chi connectivity index (χ0) is 11.8. The van der Waals surface area contributed by atoms with Crippen LogP contribution in [-0.2, 0) is 13.6 Å². The van der Waals surface area contributed by atoms with Gasteiger partial charge in [0.05, 0.1) is 6.54 Å². The first-order valence-corrected chi connectivity index (χ1v) is 4.16. The third kappa shape index (κ3) is 2.42. The smallest absolute Gasteiger partial charge is 0.331 e. The molecule has 0 amide bonds. The molecule has 0 saturated carbocycles. The van der Waals surface area contributed by atoms with Crippen LogP contribution < -0.4 is 17.0 Å². The van der Waals surface area contributed by atoms with E-state index in [1.165, 1.54) is 7.05 Å². The van der Waals surface area contributed by atoms with E-state index in [0.717, 1.165) is 10.8 Å². The largest absolute Gasteiger partial charge is 0.393 e. The monoisotopic (exact) mass is 219 g/mol. The second kappa shape index (κ2) is 3.48. The lowest BCUT2D eigenvalue weighted by Gasteiger charge is -2.12. The molecule has 0 aliphatic heterocycles. The van der Waals surface area contributed by atoms with Gasteiger partial charge in [0, 0.05) is 20.2 Å². The normalized spacial score (nSPS) is 11.7. The van der Waals surface area contributed by atoms with Crippen molar-refractivity contribution in [2.45, 2.75) is 19.4 Å². The number of aromatic nitrogens is 2. The predicted octanol–water partition coefficient (Wildman–Crippen LogP) is -0.216. The number of nitrogens with zero attached hydrogens (tertiary/aromatic N) is 2. The summed E-state index contributed by atoms with van der Waals surface area (Å²) in [5.74, 6) is -3.14. The van der Waals surface area contributed by atoms with Gasteiger partial charge >= 0.3 is 5.69 Å². The fourth-order valence-electron chi connectivity index (χ4n) is 1.17. The number of hydrogen-bond donors (Lipinski definition) is 1. The molecular formula is C8H11F2N3O2. The molecule has 15 heavy (non-hydrogen) atoms. The molecule has 0 radical (unpaired) electrons. The minimum absolute atomic E-state index is 0.235. The Balaban J connectivity index is 3.41. The molecule has 7 heteroatoms. The summed E-state index contributed by atoms with van der Waals surface area (Å²) in [7, 11) is 1.34. The molecule has 1 aromatic heterocycles. The topological polar surface area (TPSA) is 70.0 Å². The van der Waals surface area contributed by atoms with Gasteiger partial charge in [-0.25, -0.2) is 13.6 Å². The Morgan fingerprint density at radius 2 is 2.00 bits per heavy atom. The van der Waals surface area contributed by atoms with Gasteiger partial charge in [0.1, 0.15) is 5.69 Å². The van der Waals surface area contributed by atoms with E-state index in [0.29, 0.717) is 11.5 Å². The Kier molecular flexibility index (Phi) is 2.65. The highest BCUT2D eigenvalue weighted by atomic mass is 19.3. The van der Waals surface area contributed by atoms with Crippen molar-refractivity contribution in [1.82, 2.24) is 9.13 Å². The van der Waals surface area contributed by atoms with Gasteiger partial charge in [-0.3, -0.25) is 9.36 Å². The highest BCUT2D eigenvalue weighted by molar-refractivity contribution is 5.30. The standard InChI is InChI=1S/C8H11F2N3O2/c1-8(9,10)4-13-6(14)5(11)3-12(2)7(13)15/h3H,4,11H2,1-2H3. The molecule has 1 aromatic rings. The van der Waals surface area contributed by atoms with E-state index < -0.39 is 23.7 Å². The minimum atomic E-state index is -3.14. The van der Waals surface area contributed by atoms with Crippen LogP contribution in [0.15, 0.2) is 15.8 Å². The summed E-state index contributed by atoms with van der Waals surface area (Å²) in [6, 6.07) is 0. The van der Waals surface area contributed by atoms with E-state index in [-0.39, 0.29) is 5.69 Å². The number of halogens is 2. The van der Waals surface area contributed by atoms with Crippen molar-refractivity contribution in [2.75, 3.05) is 5.73 Å². The average Bonchev–Trinajstić information content (AvgIpc) is 2.08. The third-order valence-corrected chi connectivity index (χ3v) is 1.79. The molecule has 0 aromatic carbocycles. The van der Waals surface area contributed by atoms with Crippen molar-refractivity contribution >= 4 is 5.69 Å². The fourth-order valence-corrected chi connectivity index (χ4v) is 1.17. The van der Waals surface area contributed by atoms with Crippen LogP contribution in [-0.4, -0.2) is 15.1 Å². The molecule has 0 fully saturated rings. The van der Waals surface area contributed by atoms with Crippen molar-refractivity contribution in [3.05, 3.63) is 27.0 Å². The van der Waals surface area contributed by atoms with Gasteiger partial charge in [-0.1, -0.05) is 0 Å². The maximum atomic E-state index is 12.7. The molecular weight excluding hydrogens is 208 g/mol. The number of rotatable bonds is 2. The van der Waals surface area contributed by atoms with Crippen LogP contribution in [0.2, 0.25) is 0 Å². The molecule has 5 nitrogen and oxygen atoms in total. The lowest BCUT2D eigenvalue weighted by Crippen LogP contribution is -2.43. The molecule has 2 N–H and O–H groups in total. The number of alkyl halides is 2. The predicted molar refractivity (Wildman–Crippen MR) is 51.0 cm³/mol. The maximum absolute atomic E-state index is 12.7. The quantitative estimate of drug-likeness (QED) is 0.747. The molecule has 0 unspecified atom stereocenters. The molecule has 0 aliphatic rings. The Bertz CT molecular complexity index is 450. The molecule has 1 rings (SSSR count). The number of nitrogen functional groups attached to an aromatic ring is 1. The number of aryl methyl sites for hydroxylation is 1. The van der Waals surface area contributed by atoms with E-state index in [4.69, 9.17) is 5.73 Å². The zero-order valence-electron chi connectivity index (χ0n) is 8.33. The summed E-state index contributed by atoms with van der Waals surface area (Å²) in [6.07, 6.45) is 1.11. The fraction of sp³-hybridized carbons (Fsp3) is 0.500. The summed E-state index contributed by atoms with van der Waals surface area (Å²) in [5.41, 5.74) is 3.34. The molecule has 0 saturated heterocycles. The van der Waals surface area contributed by atoms with Crippen LogP contribution in [0.4, 0.5) is 14.5 Å². The Labute approximate surface area is 83.7 Å². The minimum Gasteiger partial charge on any atom is -0.393 e. The summed E-state index contributed by atoms with van der Waals surface area (Å²) >= 11 is 0. The number of nitrogens with two attached hydrogens (primary N) is 1. The molecule has 0 bridgehead atoms. The van der Waals surface area contributed by atoms with Crippen molar-refractivity contribution < 1.29 is 8.78 Å². The van der Waals surface area contributed by atoms with Crippen molar-refractivity contribution in [3.63, 3.8) is 0 Å². The van der Waals surface area contributed by atoms with Crippen molar-refractivity contribution in [2.24, 2.45) is 7.05 Å². The Morgan fingerprint density at radius 1 is 1.47 bits per heavy atom. The van der Waals surface area contributed by atoms with Gasteiger partial charge in [-0.05, 0) is 0 Å². The molecule has 1 heterocycles. The molecule has 0 atom stereocenters. The first-order chi connectivity index (χ1) is 6.72. The van der Waals surface area contributed by atoms with Gasteiger partial charge in [-0.2, -0.15) is 0 Å². The van der Waals surface area contributed by atoms with E-state index in [1.54, 1.807) is 0 Å². The van der Waals surface area contributed by atoms with E-state index in [2.05, 4.69) is 0 Å². The van der Waals surface area contributed by atoms with Crippen LogP contribution in [0.25, 0.3) is 0 Å². The van der Waals surface area contributed by atoms with Gasteiger partial charge in [-0.15, -0.1) is 0 Å². The summed E-state index contributed by atoms with van der Waals surface area (Å²) < 4.78 is 26.8. The van der Waals surface area contributed by atoms with E-state index >= 15 is 0 Å². The van der Waals surface area contributed by atoms with Gasteiger partial charge in [0.15, 0.2) is 0 Å². The first-order valence-electron chi connectivity index (χ1n) is 4.16. The van der Waals surface area contributed by atoms with Gasteiger partial charge < -0.3 is 10.3 Å². The van der Waals surface area contributed by atoms with Crippen LogP contribution in [0, 0.1) is 0 Å². The van der Waals surface area contributed by atoms with Crippen molar-refractivity contribution in [1.29, 1.82) is 0 Å². The maximum Gasteiger partial charge on any atom is 0.331 e. The van der Waals surface area contributed by atoms with E-state index in [9.17, 15) is 18.4 Å². The van der Waals surface area contributed by atoms with Crippen LogP contribution in [0.3, 0.4) is 0 Å².